The lowest BCUT2D eigenvalue weighted by atomic mass is 10.0. The van der Waals surface area contributed by atoms with E-state index in [1.165, 1.54) is 5.56 Å². The van der Waals surface area contributed by atoms with Gasteiger partial charge in [0.1, 0.15) is 19.8 Å². The predicted molar refractivity (Wildman–Crippen MR) is 151 cm³/mol. The van der Waals surface area contributed by atoms with Crippen molar-refractivity contribution in [3.63, 3.8) is 0 Å². The molecule has 0 radical (unpaired) electrons. The number of carbonyl (C=O) groups excluding carboxylic acids is 2. The van der Waals surface area contributed by atoms with Crippen molar-refractivity contribution in [2.75, 3.05) is 51.0 Å². The third-order valence-corrected chi connectivity index (χ3v) is 6.84. The Hall–Kier alpha value is -3.52. The standard InChI is InChI=1S/C32H38N2O5/c35-31(25-37-22-23-38-26-32(36)39-24-28-12-6-2-7-13-28)34(29-14-8-3-9-15-29)30-17-20-33(21-18-30)19-16-27-10-4-1-5-11-27/h1-15,30H,16-26H2. The molecule has 7 nitrogen and oxygen atoms in total. The fraction of sp³-hybridized carbons (Fsp3) is 0.375. The number of nitrogens with zero attached hydrogens (tertiary/aromatic N) is 2. The van der Waals surface area contributed by atoms with Gasteiger partial charge in [0.25, 0.3) is 5.91 Å². The molecule has 0 unspecified atom stereocenters. The number of anilines is 1. The van der Waals surface area contributed by atoms with Gasteiger partial charge in [-0.15, -0.1) is 0 Å². The molecule has 1 fully saturated rings. The van der Waals surface area contributed by atoms with E-state index in [4.69, 9.17) is 14.2 Å². The largest absolute Gasteiger partial charge is 0.459 e. The Morgan fingerprint density at radius 2 is 1.31 bits per heavy atom. The molecule has 0 saturated carbocycles. The van der Waals surface area contributed by atoms with Crippen LogP contribution in [-0.2, 0) is 36.8 Å². The first kappa shape index (κ1) is 28.5. The van der Waals surface area contributed by atoms with Crippen molar-refractivity contribution in [1.29, 1.82) is 0 Å². The van der Waals surface area contributed by atoms with Gasteiger partial charge in [-0.25, -0.2) is 4.79 Å². The maximum Gasteiger partial charge on any atom is 0.332 e. The number of para-hydroxylation sites is 1. The van der Waals surface area contributed by atoms with Gasteiger partial charge in [-0.1, -0.05) is 78.9 Å². The molecule has 0 aromatic heterocycles. The fourth-order valence-electron chi connectivity index (χ4n) is 4.76. The Bertz CT molecular complexity index is 1120. The van der Waals surface area contributed by atoms with E-state index in [0.717, 1.165) is 50.1 Å². The van der Waals surface area contributed by atoms with Gasteiger partial charge in [0, 0.05) is 31.4 Å². The smallest absolute Gasteiger partial charge is 0.332 e. The van der Waals surface area contributed by atoms with E-state index in [-0.39, 0.29) is 45.0 Å². The zero-order valence-corrected chi connectivity index (χ0v) is 22.5. The van der Waals surface area contributed by atoms with E-state index < -0.39 is 5.97 Å². The Morgan fingerprint density at radius 3 is 1.95 bits per heavy atom. The van der Waals surface area contributed by atoms with Gasteiger partial charge in [-0.2, -0.15) is 0 Å². The fourth-order valence-corrected chi connectivity index (χ4v) is 4.76. The van der Waals surface area contributed by atoms with Crippen molar-refractivity contribution in [1.82, 2.24) is 4.90 Å². The summed E-state index contributed by atoms with van der Waals surface area (Å²) in [7, 11) is 0. The van der Waals surface area contributed by atoms with Crippen LogP contribution in [0, 0.1) is 0 Å². The first-order chi connectivity index (χ1) is 19.2. The monoisotopic (exact) mass is 530 g/mol. The zero-order valence-electron chi connectivity index (χ0n) is 22.5. The van der Waals surface area contributed by atoms with Crippen molar-refractivity contribution in [3.8, 4) is 0 Å². The highest BCUT2D eigenvalue weighted by Gasteiger charge is 2.29. The quantitative estimate of drug-likeness (QED) is 0.226. The summed E-state index contributed by atoms with van der Waals surface area (Å²) in [5.41, 5.74) is 3.17. The number of ether oxygens (including phenoxy) is 3. The molecule has 1 aliphatic heterocycles. The molecule has 3 aromatic carbocycles. The van der Waals surface area contributed by atoms with Crippen molar-refractivity contribution >= 4 is 17.6 Å². The number of carbonyl (C=O) groups is 2. The van der Waals surface area contributed by atoms with Crippen LogP contribution in [0.15, 0.2) is 91.0 Å². The Kier molecular flexibility index (Phi) is 11.5. The molecule has 1 aliphatic rings. The van der Waals surface area contributed by atoms with Crippen LogP contribution >= 0.6 is 0 Å². The summed E-state index contributed by atoms with van der Waals surface area (Å²) >= 11 is 0. The molecular weight excluding hydrogens is 492 g/mol. The first-order valence-electron chi connectivity index (χ1n) is 13.7. The minimum absolute atomic E-state index is 0.0368. The van der Waals surface area contributed by atoms with E-state index in [0.29, 0.717) is 0 Å². The van der Waals surface area contributed by atoms with Gasteiger partial charge in [0.2, 0.25) is 0 Å². The molecule has 1 saturated heterocycles. The summed E-state index contributed by atoms with van der Waals surface area (Å²) < 4.78 is 16.2. The molecule has 0 N–H and O–H groups in total. The molecule has 0 bridgehead atoms. The lowest BCUT2D eigenvalue weighted by molar-refractivity contribution is -0.151. The number of benzene rings is 3. The summed E-state index contributed by atoms with van der Waals surface area (Å²) in [6.07, 6.45) is 2.88. The lowest BCUT2D eigenvalue weighted by Crippen LogP contribution is -2.49. The first-order valence-corrected chi connectivity index (χ1v) is 13.7. The molecule has 3 aromatic rings. The third kappa shape index (κ3) is 9.62. The molecule has 0 spiro atoms. The summed E-state index contributed by atoms with van der Waals surface area (Å²) in [6.45, 7) is 3.41. The molecule has 206 valence electrons. The molecular formula is C32H38N2O5. The van der Waals surface area contributed by atoms with E-state index >= 15 is 0 Å². The van der Waals surface area contributed by atoms with Crippen LogP contribution in [0.25, 0.3) is 0 Å². The number of likely N-dealkylation sites (tertiary alicyclic amines) is 1. The van der Waals surface area contributed by atoms with Gasteiger partial charge in [-0.3, -0.25) is 4.79 Å². The minimum Gasteiger partial charge on any atom is -0.459 e. The second-order valence-electron chi connectivity index (χ2n) is 9.66. The molecule has 7 heteroatoms. The van der Waals surface area contributed by atoms with Gasteiger partial charge in [0.15, 0.2) is 0 Å². The number of hydrogen-bond donors (Lipinski definition) is 0. The Labute approximate surface area is 231 Å². The predicted octanol–water partition coefficient (Wildman–Crippen LogP) is 4.50. The molecule has 4 rings (SSSR count). The van der Waals surface area contributed by atoms with Crippen molar-refractivity contribution < 1.29 is 23.8 Å². The normalized spacial score (nSPS) is 14.2. The highest BCUT2D eigenvalue weighted by molar-refractivity contribution is 5.94. The van der Waals surface area contributed by atoms with Gasteiger partial charge in [-0.05, 0) is 42.5 Å². The van der Waals surface area contributed by atoms with Crippen LogP contribution in [0.4, 0.5) is 5.69 Å². The molecule has 1 heterocycles. The van der Waals surface area contributed by atoms with Crippen molar-refractivity contribution in [2.45, 2.75) is 31.9 Å². The van der Waals surface area contributed by atoms with Crippen LogP contribution in [0.1, 0.15) is 24.0 Å². The highest BCUT2D eigenvalue weighted by Crippen LogP contribution is 2.24. The van der Waals surface area contributed by atoms with E-state index in [1.54, 1.807) is 0 Å². The molecule has 1 amide bonds. The number of amides is 1. The minimum atomic E-state index is -0.430. The Balaban J connectivity index is 1.17. The maximum atomic E-state index is 13.3. The summed E-state index contributed by atoms with van der Waals surface area (Å²) in [5, 5.41) is 0. The number of rotatable bonds is 14. The van der Waals surface area contributed by atoms with Crippen molar-refractivity contribution in [2.24, 2.45) is 0 Å². The second kappa shape index (κ2) is 15.8. The van der Waals surface area contributed by atoms with E-state index in [1.807, 2.05) is 71.6 Å². The van der Waals surface area contributed by atoms with Crippen LogP contribution in [0.2, 0.25) is 0 Å². The van der Waals surface area contributed by atoms with Gasteiger partial charge in [0.05, 0.1) is 13.2 Å². The van der Waals surface area contributed by atoms with E-state index in [2.05, 4.69) is 29.2 Å². The van der Waals surface area contributed by atoms with Gasteiger partial charge < -0.3 is 24.0 Å². The second-order valence-corrected chi connectivity index (χ2v) is 9.66. The SMILES string of the molecule is O=C(COCCOCC(=O)N(c1ccccc1)C1CCN(CCc2ccccc2)CC1)OCc1ccccc1. The number of piperidine rings is 1. The highest BCUT2D eigenvalue weighted by atomic mass is 16.6. The Morgan fingerprint density at radius 1 is 0.744 bits per heavy atom. The van der Waals surface area contributed by atoms with Crippen LogP contribution < -0.4 is 4.90 Å². The lowest BCUT2D eigenvalue weighted by Gasteiger charge is -2.38. The number of esters is 1. The summed E-state index contributed by atoms with van der Waals surface area (Å²) in [6, 6.07) is 30.0. The average molecular weight is 531 g/mol. The number of hydrogen-bond acceptors (Lipinski definition) is 6. The average Bonchev–Trinajstić information content (AvgIpc) is 2.99. The third-order valence-electron chi connectivity index (χ3n) is 6.84. The van der Waals surface area contributed by atoms with E-state index in [9.17, 15) is 9.59 Å². The van der Waals surface area contributed by atoms with Crippen molar-refractivity contribution in [3.05, 3.63) is 102 Å². The molecule has 39 heavy (non-hydrogen) atoms. The van der Waals surface area contributed by atoms with Gasteiger partial charge >= 0.3 is 5.97 Å². The summed E-state index contributed by atoms with van der Waals surface area (Å²) in [4.78, 5) is 29.5. The van der Waals surface area contributed by atoms with Crippen LogP contribution in [0.5, 0.6) is 0 Å². The zero-order chi connectivity index (χ0) is 27.1. The topological polar surface area (TPSA) is 68.3 Å². The molecule has 0 aliphatic carbocycles. The van der Waals surface area contributed by atoms with Crippen LogP contribution in [0.3, 0.4) is 0 Å². The molecule has 0 atom stereocenters. The summed E-state index contributed by atoms with van der Waals surface area (Å²) in [5.74, 6) is -0.494. The van der Waals surface area contributed by atoms with Crippen LogP contribution in [-0.4, -0.2) is 68.9 Å². The maximum absolute atomic E-state index is 13.3.